The van der Waals surface area contributed by atoms with E-state index in [0.29, 0.717) is 11.3 Å². The van der Waals surface area contributed by atoms with E-state index >= 15 is 0 Å². The fourth-order valence-corrected chi connectivity index (χ4v) is 2.48. The van der Waals surface area contributed by atoms with Gasteiger partial charge in [-0.15, -0.1) is 0 Å². The predicted octanol–water partition coefficient (Wildman–Crippen LogP) is 3.84. The second-order valence-corrected chi connectivity index (χ2v) is 4.89. The Bertz CT molecular complexity index is 616. The van der Waals surface area contributed by atoms with E-state index in [1.54, 1.807) is 6.07 Å². The fourth-order valence-electron chi connectivity index (χ4n) is 2.48. The standard InChI is InChI=1S/C14H14F3N3/c15-14(16,17)10-5-3-4-9(8-10)12-11-6-1-2-7-18-13(11)20-19-12/h3-5,8H,1-2,6-7H2,(H2,18,19,20). The molecule has 1 aliphatic heterocycles. The largest absolute Gasteiger partial charge is 0.416 e. The van der Waals surface area contributed by atoms with Crippen LogP contribution in [0.4, 0.5) is 19.0 Å². The number of nitrogens with one attached hydrogen (secondary N) is 2. The van der Waals surface area contributed by atoms with E-state index in [0.717, 1.165) is 43.3 Å². The number of halogens is 3. The van der Waals surface area contributed by atoms with Crippen LogP contribution in [0.1, 0.15) is 24.0 Å². The van der Waals surface area contributed by atoms with Crippen molar-refractivity contribution in [3.8, 4) is 11.3 Å². The molecule has 0 bridgehead atoms. The average Bonchev–Trinajstić information content (AvgIpc) is 2.67. The maximum atomic E-state index is 12.8. The quantitative estimate of drug-likeness (QED) is 0.833. The Balaban J connectivity index is 2.04. The van der Waals surface area contributed by atoms with Crippen LogP contribution in [-0.2, 0) is 12.6 Å². The molecular weight excluding hydrogens is 267 g/mol. The van der Waals surface area contributed by atoms with E-state index < -0.39 is 11.7 Å². The van der Waals surface area contributed by atoms with Crippen molar-refractivity contribution in [3.05, 3.63) is 35.4 Å². The molecule has 1 aromatic carbocycles. The van der Waals surface area contributed by atoms with Crippen LogP contribution in [0.15, 0.2) is 24.3 Å². The Hall–Kier alpha value is -1.98. The summed E-state index contributed by atoms with van der Waals surface area (Å²) in [4.78, 5) is 0. The molecule has 0 atom stereocenters. The van der Waals surface area contributed by atoms with Crippen LogP contribution in [0.5, 0.6) is 0 Å². The summed E-state index contributed by atoms with van der Waals surface area (Å²) in [7, 11) is 0. The molecule has 2 N–H and O–H groups in total. The number of alkyl halides is 3. The monoisotopic (exact) mass is 281 g/mol. The van der Waals surface area contributed by atoms with Gasteiger partial charge in [0.05, 0.1) is 11.3 Å². The Morgan fingerprint density at radius 2 is 2.00 bits per heavy atom. The van der Waals surface area contributed by atoms with Crippen molar-refractivity contribution < 1.29 is 13.2 Å². The number of nitrogens with zero attached hydrogens (tertiary/aromatic N) is 1. The average molecular weight is 281 g/mol. The summed E-state index contributed by atoms with van der Waals surface area (Å²) in [6.07, 6.45) is -1.46. The van der Waals surface area contributed by atoms with Crippen molar-refractivity contribution in [3.63, 3.8) is 0 Å². The molecule has 0 radical (unpaired) electrons. The number of hydrogen-bond acceptors (Lipinski definition) is 2. The molecule has 0 amide bonds. The van der Waals surface area contributed by atoms with Gasteiger partial charge in [-0.2, -0.15) is 18.3 Å². The highest BCUT2D eigenvalue weighted by atomic mass is 19.4. The number of H-pyrrole nitrogens is 1. The third-order valence-electron chi connectivity index (χ3n) is 3.49. The van der Waals surface area contributed by atoms with Crippen molar-refractivity contribution in [2.45, 2.75) is 25.4 Å². The molecule has 0 aliphatic carbocycles. The van der Waals surface area contributed by atoms with E-state index in [1.807, 2.05) is 0 Å². The second-order valence-electron chi connectivity index (χ2n) is 4.89. The number of benzene rings is 1. The van der Waals surface area contributed by atoms with Gasteiger partial charge in [-0.3, -0.25) is 5.10 Å². The summed E-state index contributed by atoms with van der Waals surface area (Å²) in [5, 5.41) is 10.2. The highest BCUT2D eigenvalue weighted by molar-refractivity contribution is 5.69. The molecule has 1 aromatic heterocycles. The minimum atomic E-state index is -4.33. The molecule has 20 heavy (non-hydrogen) atoms. The van der Waals surface area contributed by atoms with Gasteiger partial charge in [0.15, 0.2) is 5.82 Å². The zero-order valence-electron chi connectivity index (χ0n) is 10.7. The lowest BCUT2D eigenvalue weighted by Crippen LogP contribution is -2.04. The number of aromatic amines is 1. The van der Waals surface area contributed by atoms with Gasteiger partial charge in [0.25, 0.3) is 0 Å². The number of hydrogen-bond donors (Lipinski definition) is 2. The molecule has 3 rings (SSSR count). The van der Waals surface area contributed by atoms with Crippen LogP contribution in [0.25, 0.3) is 11.3 Å². The Morgan fingerprint density at radius 3 is 2.80 bits per heavy atom. The second kappa shape index (κ2) is 4.85. The van der Waals surface area contributed by atoms with Gasteiger partial charge in [-0.25, -0.2) is 0 Å². The molecule has 0 unspecified atom stereocenters. The van der Waals surface area contributed by atoms with Gasteiger partial charge >= 0.3 is 6.18 Å². The van der Waals surface area contributed by atoms with Crippen molar-refractivity contribution in [1.82, 2.24) is 10.2 Å². The molecule has 1 aliphatic rings. The summed E-state index contributed by atoms with van der Waals surface area (Å²) >= 11 is 0. The van der Waals surface area contributed by atoms with Crippen molar-refractivity contribution in [2.24, 2.45) is 0 Å². The first-order valence-corrected chi connectivity index (χ1v) is 6.54. The highest BCUT2D eigenvalue weighted by Gasteiger charge is 2.30. The summed E-state index contributed by atoms with van der Waals surface area (Å²) < 4.78 is 38.3. The van der Waals surface area contributed by atoms with Gasteiger partial charge in [-0.1, -0.05) is 12.1 Å². The van der Waals surface area contributed by atoms with Crippen molar-refractivity contribution in [1.29, 1.82) is 0 Å². The molecule has 0 spiro atoms. The normalized spacial score (nSPS) is 15.3. The number of aromatic nitrogens is 2. The van der Waals surface area contributed by atoms with Gasteiger partial charge < -0.3 is 5.32 Å². The maximum Gasteiger partial charge on any atom is 0.416 e. The smallest absolute Gasteiger partial charge is 0.368 e. The van der Waals surface area contributed by atoms with Crippen molar-refractivity contribution >= 4 is 5.82 Å². The lowest BCUT2D eigenvalue weighted by Gasteiger charge is -2.09. The zero-order chi connectivity index (χ0) is 14.2. The third kappa shape index (κ3) is 2.37. The van der Waals surface area contributed by atoms with E-state index in [9.17, 15) is 13.2 Å². The molecule has 2 aromatic rings. The van der Waals surface area contributed by atoms with Crippen LogP contribution >= 0.6 is 0 Å². The van der Waals surface area contributed by atoms with Crippen molar-refractivity contribution in [2.75, 3.05) is 11.9 Å². The minimum Gasteiger partial charge on any atom is -0.368 e. The first kappa shape index (κ1) is 13.0. The first-order valence-electron chi connectivity index (χ1n) is 6.54. The van der Waals surface area contributed by atoms with Crippen LogP contribution in [0.2, 0.25) is 0 Å². The Morgan fingerprint density at radius 1 is 1.15 bits per heavy atom. The first-order chi connectivity index (χ1) is 9.55. The van der Waals surface area contributed by atoms with E-state index in [1.165, 1.54) is 12.1 Å². The van der Waals surface area contributed by atoms with E-state index in [-0.39, 0.29) is 0 Å². The number of anilines is 1. The lowest BCUT2D eigenvalue weighted by molar-refractivity contribution is -0.137. The van der Waals surface area contributed by atoms with E-state index in [4.69, 9.17) is 0 Å². The minimum absolute atomic E-state index is 0.525. The molecule has 0 fully saturated rings. The Labute approximate surface area is 114 Å². The van der Waals surface area contributed by atoms with Crippen LogP contribution < -0.4 is 5.32 Å². The number of rotatable bonds is 1. The summed E-state index contributed by atoms with van der Waals surface area (Å²) in [6.45, 7) is 0.847. The predicted molar refractivity (Wildman–Crippen MR) is 70.5 cm³/mol. The molecule has 3 nitrogen and oxygen atoms in total. The molecule has 106 valence electrons. The third-order valence-corrected chi connectivity index (χ3v) is 3.49. The van der Waals surface area contributed by atoms with Crippen LogP contribution in [0.3, 0.4) is 0 Å². The van der Waals surface area contributed by atoms with E-state index in [2.05, 4.69) is 15.5 Å². The van der Waals surface area contributed by atoms with Gasteiger partial charge in [0, 0.05) is 17.7 Å². The molecule has 6 heteroatoms. The fraction of sp³-hybridized carbons (Fsp3) is 0.357. The van der Waals surface area contributed by atoms with Crippen LogP contribution in [-0.4, -0.2) is 16.7 Å². The molecular formula is C14H14F3N3. The van der Waals surface area contributed by atoms with Gasteiger partial charge in [0.1, 0.15) is 0 Å². The molecule has 0 saturated heterocycles. The zero-order valence-corrected chi connectivity index (χ0v) is 10.7. The number of fused-ring (bicyclic) bond motifs is 1. The molecule has 2 heterocycles. The summed E-state index contributed by atoms with van der Waals surface area (Å²) in [5.41, 5.74) is 1.54. The summed E-state index contributed by atoms with van der Waals surface area (Å²) in [6, 6.07) is 5.35. The topological polar surface area (TPSA) is 40.7 Å². The van der Waals surface area contributed by atoms with Gasteiger partial charge in [0.2, 0.25) is 0 Å². The SMILES string of the molecule is FC(F)(F)c1cccc(-c2[nH]nc3c2CCCCN3)c1. The van der Waals surface area contributed by atoms with Crippen LogP contribution in [0, 0.1) is 0 Å². The highest BCUT2D eigenvalue weighted by Crippen LogP contribution is 2.34. The molecule has 0 saturated carbocycles. The maximum absolute atomic E-state index is 12.8. The van der Waals surface area contributed by atoms with Gasteiger partial charge in [-0.05, 0) is 31.4 Å². The Kier molecular flexibility index (Phi) is 3.16. The lowest BCUT2D eigenvalue weighted by atomic mass is 10.0. The summed E-state index contributed by atoms with van der Waals surface area (Å²) in [5.74, 6) is 0.759.